The molecule has 2 atom stereocenters. The van der Waals surface area contributed by atoms with Crippen LogP contribution in [0.5, 0.6) is 0 Å². The molecule has 2 saturated heterocycles. The van der Waals surface area contributed by atoms with E-state index < -0.39 is 0 Å². The van der Waals surface area contributed by atoms with Gasteiger partial charge in [0, 0.05) is 25.7 Å². The predicted molar refractivity (Wildman–Crippen MR) is 78.0 cm³/mol. The zero-order chi connectivity index (χ0) is 13.8. The lowest BCUT2D eigenvalue weighted by atomic mass is 9.92. The fourth-order valence-electron chi connectivity index (χ4n) is 3.34. The molecule has 1 N–H and O–H groups in total. The van der Waals surface area contributed by atoms with E-state index in [2.05, 4.69) is 16.8 Å². The molecule has 2 unspecified atom stereocenters. The number of nitrogens with one attached hydrogen (secondary N) is 1. The van der Waals surface area contributed by atoms with Gasteiger partial charge in [0.1, 0.15) is 0 Å². The first-order valence-corrected chi connectivity index (χ1v) is 7.48. The van der Waals surface area contributed by atoms with Crippen LogP contribution in [0.2, 0.25) is 0 Å². The van der Waals surface area contributed by atoms with Crippen molar-refractivity contribution in [1.29, 1.82) is 0 Å². The van der Waals surface area contributed by atoms with Crippen LogP contribution in [0.3, 0.4) is 0 Å². The van der Waals surface area contributed by atoms with Gasteiger partial charge in [0.2, 0.25) is 5.91 Å². The molecule has 0 spiro atoms. The summed E-state index contributed by atoms with van der Waals surface area (Å²) >= 11 is 0. The highest BCUT2D eigenvalue weighted by Gasteiger charge is 2.35. The number of rotatable bonds is 5. The highest BCUT2D eigenvalue weighted by Crippen LogP contribution is 2.26. The minimum Gasteiger partial charge on any atom is -0.338 e. The molecule has 0 radical (unpaired) electrons. The molecule has 2 aliphatic rings. The van der Waals surface area contributed by atoms with Crippen molar-refractivity contribution in [3.63, 3.8) is 0 Å². The molecule has 1 amide bonds. The van der Waals surface area contributed by atoms with Gasteiger partial charge in [-0.25, -0.2) is 0 Å². The van der Waals surface area contributed by atoms with Crippen molar-refractivity contribution in [2.24, 2.45) is 5.92 Å². The van der Waals surface area contributed by atoms with Crippen LogP contribution >= 0.6 is 0 Å². The van der Waals surface area contributed by atoms with E-state index in [4.69, 9.17) is 0 Å². The molecule has 4 nitrogen and oxygen atoms in total. The van der Waals surface area contributed by atoms with Crippen molar-refractivity contribution in [3.05, 3.63) is 12.2 Å². The van der Waals surface area contributed by atoms with Crippen molar-refractivity contribution in [2.75, 3.05) is 39.3 Å². The SMILES string of the molecule is C=C(C)CN(CC)C(=O)CN1CCCC2CNCC21. The normalized spacial score (nSPS) is 27.1. The average Bonchev–Trinajstić information content (AvgIpc) is 2.84. The van der Waals surface area contributed by atoms with E-state index in [0.717, 1.165) is 37.7 Å². The Bertz CT molecular complexity index is 342. The Kier molecular flexibility index (Phi) is 4.99. The standard InChI is InChI=1S/C15H27N3O/c1-4-17(10-12(2)3)15(19)11-18-7-5-6-13-8-16-9-14(13)18/h13-14,16H,2,4-11H2,1,3H3. The van der Waals surface area contributed by atoms with Crippen LogP contribution in [0, 0.1) is 5.92 Å². The van der Waals surface area contributed by atoms with E-state index in [-0.39, 0.29) is 5.91 Å². The summed E-state index contributed by atoms with van der Waals surface area (Å²) in [7, 11) is 0. The summed E-state index contributed by atoms with van der Waals surface area (Å²) in [5.74, 6) is 0.996. The number of fused-ring (bicyclic) bond motifs is 1. The Balaban J connectivity index is 1.91. The predicted octanol–water partition coefficient (Wildman–Crippen LogP) is 1.09. The minimum absolute atomic E-state index is 0.248. The molecule has 2 fully saturated rings. The number of carbonyl (C=O) groups is 1. The highest BCUT2D eigenvalue weighted by atomic mass is 16.2. The Morgan fingerprint density at radius 2 is 2.26 bits per heavy atom. The number of nitrogens with zero attached hydrogens (tertiary/aromatic N) is 2. The van der Waals surface area contributed by atoms with Crippen LogP contribution in [0.1, 0.15) is 26.7 Å². The molecule has 2 aliphatic heterocycles. The lowest BCUT2D eigenvalue weighted by molar-refractivity contribution is -0.132. The Morgan fingerprint density at radius 3 is 2.95 bits per heavy atom. The molecule has 0 bridgehead atoms. The third-order valence-corrected chi connectivity index (χ3v) is 4.33. The van der Waals surface area contributed by atoms with Crippen LogP contribution in [0.4, 0.5) is 0 Å². The molecule has 19 heavy (non-hydrogen) atoms. The topological polar surface area (TPSA) is 35.6 Å². The van der Waals surface area contributed by atoms with Gasteiger partial charge in [-0.05, 0) is 45.7 Å². The Labute approximate surface area is 116 Å². The second-order valence-corrected chi connectivity index (χ2v) is 5.96. The fraction of sp³-hybridized carbons (Fsp3) is 0.800. The maximum absolute atomic E-state index is 12.4. The van der Waals surface area contributed by atoms with E-state index in [0.29, 0.717) is 19.1 Å². The second kappa shape index (κ2) is 6.53. The maximum atomic E-state index is 12.4. The molecule has 2 rings (SSSR count). The van der Waals surface area contributed by atoms with Gasteiger partial charge in [0.15, 0.2) is 0 Å². The summed E-state index contributed by atoms with van der Waals surface area (Å²) in [4.78, 5) is 16.7. The zero-order valence-electron chi connectivity index (χ0n) is 12.3. The van der Waals surface area contributed by atoms with Gasteiger partial charge in [-0.3, -0.25) is 9.69 Å². The van der Waals surface area contributed by atoms with E-state index >= 15 is 0 Å². The first-order valence-electron chi connectivity index (χ1n) is 7.48. The summed E-state index contributed by atoms with van der Waals surface area (Å²) < 4.78 is 0. The van der Waals surface area contributed by atoms with Crippen molar-refractivity contribution >= 4 is 5.91 Å². The van der Waals surface area contributed by atoms with Gasteiger partial charge in [0.05, 0.1) is 6.54 Å². The minimum atomic E-state index is 0.248. The van der Waals surface area contributed by atoms with E-state index in [1.807, 2.05) is 18.7 Å². The molecule has 0 aromatic heterocycles. The quantitative estimate of drug-likeness (QED) is 0.756. The molecular weight excluding hydrogens is 238 g/mol. The molecule has 0 aromatic rings. The highest BCUT2D eigenvalue weighted by molar-refractivity contribution is 5.78. The van der Waals surface area contributed by atoms with Gasteiger partial charge in [0.25, 0.3) is 0 Å². The smallest absolute Gasteiger partial charge is 0.237 e. The first-order chi connectivity index (χ1) is 9.11. The molecule has 0 saturated carbocycles. The van der Waals surface area contributed by atoms with Gasteiger partial charge in [-0.1, -0.05) is 12.2 Å². The number of carbonyl (C=O) groups excluding carboxylic acids is 1. The van der Waals surface area contributed by atoms with Crippen LogP contribution in [-0.2, 0) is 4.79 Å². The first kappa shape index (κ1) is 14.5. The summed E-state index contributed by atoms with van der Waals surface area (Å²) in [6.07, 6.45) is 2.54. The zero-order valence-corrected chi connectivity index (χ0v) is 12.3. The molecule has 0 aliphatic carbocycles. The van der Waals surface area contributed by atoms with Gasteiger partial charge < -0.3 is 10.2 Å². The van der Waals surface area contributed by atoms with Crippen LogP contribution in [0.15, 0.2) is 12.2 Å². The van der Waals surface area contributed by atoms with E-state index in [1.54, 1.807) is 0 Å². The maximum Gasteiger partial charge on any atom is 0.237 e. The van der Waals surface area contributed by atoms with Crippen LogP contribution < -0.4 is 5.32 Å². The van der Waals surface area contributed by atoms with Crippen molar-refractivity contribution in [1.82, 2.24) is 15.1 Å². The van der Waals surface area contributed by atoms with Crippen LogP contribution in [-0.4, -0.2) is 61.0 Å². The fourth-order valence-corrected chi connectivity index (χ4v) is 3.34. The van der Waals surface area contributed by atoms with Gasteiger partial charge in [-0.15, -0.1) is 0 Å². The largest absolute Gasteiger partial charge is 0.338 e. The number of piperidine rings is 1. The summed E-state index contributed by atoms with van der Waals surface area (Å²) in [6.45, 7) is 13.2. The number of likely N-dealkylation sites (tertiary alicyclic amines) is 1. The monoisotopic (exact) mass is 265 g/mol. The molecule has 2 heterocycles. The lowest BCUT2D eigenvalue weighted by Gasteiger charge is -2.37. The molecule has 4 heteroatoms. The lowest BCUT2D eigenvalue weighted by Crippen LogP contribution is -2.50. The third-order valence-electron chi connectivity index (χ3n) is 4.33. The van der Waals surface area contributed by atoms with E-state index in [1.165, 1.54) is 12.8 Å². The number of hydrogen-bond acceptors (Lipinski definition) is 3. The summed E-state index contributed by atoms with van der Waals surface area (Å²) in [6, 6.07) is 0.571. The molecule has 108 valence electrons. The van der Waals surface area contributed by atoms with Crippen LogP contribution in [0.25, 0.3) is 0 Å². The third kappa shape index (κ3) is 3.57. The second-order valence-electron chi connectivity index (χ2n) is 5.96. The van der Waals surface area contributed by atoms with E-state index in [9.17, 15) is 4.79 Å². The average molecular weight is 265 g/mol. The Morgan fingerprint density at radius 1 is 1.47 bits per heavy atom. The van der Waals surface area contributed by atoms with Gasteiger partial charge >= 0.3 is 0 Å². The summed E-state index contributed by atoms with van der Waals surface area (Å²) in [5.41, 5.74) is 1.05. The summed E-state index contributed by atoms with van der Waals surface area (Å²) in [5, 5.41) is 3.46. The molecular formula is C15H27N3O. The number of hydrogen-bond donors (Lipinski definition) is 1. The van der Waals surface area contributed by atoms with Crippen molar-refractivity contribution < 1.29 is 4.79 Å². The molecule has 0 aromatic carbocycles. The van der Waals surface area contributed by atoms with Gasteiger partial charge in [-0.2, -0.15) is 0 Å². The Hall–Kier alpha value is -0.870. The van der Waals surface area contributed by atoms with Crippen molar-refractivity contribution in [3.8, 4) is 0 Å². The number of amides is 1. The number of likely N-dealkylation sites (N-methyl/N-ethyl adjacent to an activating group) is 1. The van der Waals surface area contributed by atoms with Crippen molar-refractivity contribution in [2.45, 2.75) is 32.7 Å².